The van der Waals surface area contributed by atoms with E-state index in [2.05, 4.69) is 14.9 Å². The fourth-order valence-corrected chi connectivity index (χ4v) is 3.44. The number of nitrogens with zero attached hydrogens (tertiary/aromatic N) is 4. The Morgan fingerprint density at radius 3 is 2.63 bits per heavy atom. The number of fused-ring (bicyclic) bond motifs is 1. The smallest absolute Gasteiger partial charge is 0.363 e. The second-order valence-corrected chi connectivity index (χ2v) is 6.54. The number of amides is 1. The molecule has 1 N–H and O–H groups in total. The number of carbonyl (C=O) groups is 1. The highest BCUT2D eigenvalue weighted by molar-refractivity contribution is 5.89. The van der Waals surface area contributed by atoms with Crippen LogP contribution in [0.2, 0.25) is 0 Å². The minimum atomic E-state index is -0.509. The molecule has 138 valence electrons. The minimum Gasteiger partial charge on any atom is -0.365 e. The molecular weight excluding hydrogens is 346 g/mol. The van der Waals surface area contributed by atoms with Gasteiger partial charge in [-0.2, -0.15) is 0 Å². The zero-order valence-electron chi connectivity index (χ0n) is 14.7. The molecule has 1 fully saturated rings. The zero-order chi connectivity index (χ0) is 18.8. The van der Waals surface area contributed by atoms with Crippen molar-refractivity contribution in [1.29, 1.82) is 0 Å². The highest BCUT2D eigenvalue weighted by atomic mass is 16.6. The van der Waals surface area contributed by atoms with Gasteiger partial charge < -0.3 is 24.9 Å². The number of aromatic nitrogens is 2. The number of nitrogens with one attached hydrogen (secondary N) is 1. The van der Waals surface area contributed by atoms with E-state index >= 15 is 0 Å². The molecule has 4 rings (SSSR count). The van der Waals surface area contributed by atoms with Gasteiger partial charge in [0.2, 0.25) is 5.91 Å². The molecule has 3 aromatic rings. The first kappa shape index (κ1) is 17.0. The third-order valence-corrected chi connectivity index (χ3v) is 4.93. The van der Waals surface area contributed by atoms with E-state index < -0.39 is 4.92 Å². The monoisotopic (exact) mass is 365 g/mol. The van der Waals surface area contributed by atoms with Crippen molar-refractivity contribution in [2.24, 2.45) is 0 Å². The maximum absolute atomic E-state index is 12.7. The summed E-state index contributed by atoms with van der Waals surface area (Å²) in [5.74, 6) is -0.0486. The second kappa shape index (κ2) is 7.06. The fraction of sp³-hybridized carbons (Fsp3) is 0.263. The Morgan fingerprint density at radius 1 is 1.15 bits per heavy atom. The van der Waals surface area contributed by atoms with Crippen LogP contribution in [0.3, 0.4) is 0 Å². The standard InChI is InChI=1S/C19H19N5O3/c25-19(11-14-12-20-17-4-2-1-3-16(14)17)23-9-7-22(8-10-23)15-5-6-18(21-13-15)24(26)27/h1-6,12-13,20H,7-11H2. The van der Waals surface area contributed by atoms with Crippen molar-refractivity contribution < 1.29 is 9.72 Å². The Bertz CT molecular complexity index is 974. The van der Waals surface area contributed by atoms with Crippen LogP contribution in [0, 0.1) is 10.1 Å². The average Bonchev–Trinajstić information content (AvgIpc) is 3.11. The molecule has 1 amide bonds. The summed E-state index contributed by atoms with van der Waals surface area (Å²) in [4.78, 5) is 33.9. The summed E-state index contributed by atoms with van der Waals surface area (Å²) >= 11 is 0. The van der Waals surface area contributed by atoms with Crippen LogP contribution in [0.4, 0.5) is 11.5 Å². The van der Waals surface area contributed by atoms with Crippen molar-refractivity contribution in [2.75, 3.05) is 31.1 Å². The van der Waals surface area contributed by atoms with Crippen molar-refractivity contribution >= 4 is 28.3 Å². The van der Waals surface area contributed by atoms with Gasteiger partial charge in [0.15, 0.2) is 6.20 Å². The first-order chi connectivity index (χ1) is 13.1. The predicted octanol–water partition coefficient (Wildman–Crippen LogP) is 2.36. The van der Waals surface area contributed by atoms with E-state index in [9.17, 15) is 14.9 Å². The van der Waals surface area contributed by atoms with Crippen LogP contribution >= 0.6 is 0 Å². The number of rotatable bonds is 4. The number of para-hydroxylation sites is 1. The molecule has 0 unspecified atom stereocenters. The Balaban J connectivity index is 1.37. The number of benzene rings is 1. The molecule has 1 saturated heterocycles. The number of anilines is 1. The van der Waals surface area contributed by atoms with E-state index in [0.29, 0.717) is 32.6 Å². The number of H-pyrrole nitrogens is 1. The first-order valence-electron chi connectivity index (χ1n) is 8.80. The lowest BCUT2D eigenvalue weighted by atomic mass is 10.1. The molecule has 0 atom stereocenters. The van der Waals surface area contributed by atoms with Crippen LogP contribution in [-0.4, -0.2) is 51.9 Å². The van der Waals surface area contributed by atoms with Gasteiger partial charge in [0.1, 0.15) is 0 Å². The van der Waals surface area contributed by atoms with Crippen molar-refractivity contribution in [3.63, 3.8) is 0 Å². The van der Waals surface area contributed by atoms with Gasteiger partial charge >= 0.3 is 5.82 Å². The van der Waals surface area contributed by atoms with E-state index in [1.165, 1.54) is 12.3 Å². The third-order valence-electron chi connectivity index (χ3n) is 4.93. The molecular formula is C19H19N5O3. The molecule has 0 aliphatic carbocycles. The average molecular weight is 365 g/mol. The van der Waals surface area contributed by atoms with E-state index in [1.807, 2.05) is 35.4 Å². The van der Waals surface area contributed by atoms with Gasteiger partial charge in [-0.05, 0) is 27.6 Å². The summed E-state index contributed by atoms with van der Waals surface area (Å²) in [5, 5.41) is 11.8. The quantitative estimate of drug-likeness (QED) is 0.566. The molecule has 1 aliphatic rings. The highest BCUT2D eigenvalue weighted by Crippen LogP contribution is 2.21. The van der Waals surface area contributed by atoms with Gasteiger partial charge in [0.05, 0.1) is 12.1 Å². The lowest BCUT2D eigenvalue weighted by Crippen LogP contribution is -2.49. The summed E-state index contributed by atoms with van der Waals surface area (Å²) in [6.45, 7) is 2.61. The molecule has 1 aromatic carbocycles. The maximum Gasteiger partial charge on any atom is 0.363 e. The number of piperazine rings is 1. The topological polar surface area (TPSA) is 95.4 Å². The van der Waals surface area contributed by atoms with Gasteiger partial charge in [-0.25, -0.2) is 0 Å². The van der Waals surface area contributed by atoms with Crippen LogP contribution in [0.25, 0.3) is 10.9 Å². The lowest BCUT2D eigenvalue weighted by molar-refractivity contribution is -0.389. The van der Waals surface area contributed by atoms with E-state index in [1.54, 1.807) is 6.07 Å². The number of hydrogen-bond acceptors (Lipinski definition) is 5. The summed E-state index contributed by atoms with van der Waals surface area (Å²) in [5.41, 5.74) is 2.89. The molecule has 2 aromatic heterocycles. The summed E-state index contributed by atoms with van der Waals surface area (Å²) < 4.78 is 0. The summed E-state index contributed by atoms with van der Waals surface area (Å²) in [6.07, 6.45) is 3.80. The molecule has 0 saturated carbocycles. The Hall–Kier alpha value is -3.42. The Morgan fingerprint density at radius 2 is 1.93 bits per heavy atom. The van der Waals surface area contributed by atoms with E-state index in [4.69, 9.17) is 0 Å². The van der Waals surface area contributed by atoms with Gasteiger partial charge in [-0.3, -0.25) is 4.79 Å². The number of nitro groups is 1. The van der Waals surface area contributed by atoms with Crippen LogP contribution in [-0.2, 0) is 11.2 Å². The molecule has 0 radical (unpaired) electrons. The van der Waals surface area contributed by atoms with Crippen molar-refractivity contribution in [2.45, 2.75) is 6.42 Å². The normalized spacial score (nSPS) is 14.5. The van der Waals surface area contributed by atoms with Gasteiger partial charge in [0, 0.05) is 49.3 Å². The SMILES string of the molecule is O=C(Cc1c[nH]c2ccccc12)N1CCN(c2ccc([N+](=O)[O-])nc2)CC1. The fourth-order valence-electron chi connectivity index (χ4n) is 3.44. The molecule has 1 aliphatic heterocycles. The summed E-state index contributed by atoms with van der Waals surface area (Å²) in [7, 11) is 0. The van der Waals surface area contributed by atoms with Gasteiger partial charge in [-0.15, -0.1) is 0 Å². The molecule has 27 heavy (non-hydrogen) atoms. The number of hydrogen-bond donors (Lipinski definition) is 1. The highest BCUT2D eigenvalue weighted by Gasteiger charge is 2.23. The third kappa shape index (κ3) is 3.46. The Kier molecular flexibility index (Phi) is 4.45. The Labute approximate surface area is 155 Å². The van der Waals surface area contributed by atoms with Crippen LogP contribution < -0.4 is 4.90 Å². The predicted molar refractivity (Wildman–Crippen MR) is 102 cm³/mol. The van der Waals surface area contributed by atoms with Crippen LogP contribution in [0.5, 0.6) is 0 Å². The van der Waals surface area contributed by atoms with Gasteiger partial charge in [-0.1, -0.05) is 18.2 Å². The van der Waals surface area contributed by atoms with Crippen molar-refractivity contribution in [1.82, 2.24) is 14.9 Å². The summed E-state index contributed by atoms with van der Waals surface area (Å²) in [6, 6.07) is 11.1. The molecule has 8 heteroatoms. The van der Waals surface area contributed by atoms with Crippen LogP contribution in [0.1, 0.15) is 5.56 Å². The molecule has 8 nitrogen and oxygen atoms in total. The second-order valence-electron chi connectivity index (χ2n) is 6.54. The maximum atomic E-state index is 12.7. The van der Waals surface area contributed by atoms with E-state index in [-0.39, 0.29) is 11.7 Å². The largest absolute Gasteiger partial charge is 0.365 e. The minimum absolute atomic E-state index is 0.112. The number of aromatic amines is 1. The first-order valence-corrected chi connectivity index (χ1v) is 8.80. The number of carbonyl (C=O) groups excluding carboxylic acids is 1. The molecule has 0 spiro atoms. The zero-order valence-corrected chi connectivity index (χ0v) is 14.7. The van der Waals surface area contributed by atoms with Crippen molar-refractivity contribution in [3.8, 4) is 0 Å². The van der Waals surface area contributed by atoms with Crippen molar-refractivity contribution in [3.05, 3.63) is 64.5 Å². The molecule has 3 heterocycles. The van der Waals surface area contributed by atoms with Gasteiger partial charge in [0.25, 0.3) is 0 Å². The van der Waals surface area contributed by atoms with Crippen LogP contribution in [0.15, 0.2) is 48.8 Å². The lowest BCUT2D eigenvalue weighted by Gasteiger charge is -2.35. The number of pyridine rings is 1. The van der Waals surface area contributed by atoms with E-state index in [0.717, 1.165) is 22.2 Å². The molecule has 0 bridgehead atoms.